The predicted octanol–water partition coefficient (Wildman–Crippen LogP) is 6.86. The molecule has 0 aliphatic heterocycles. The van der Waals surface area contributed by atoms with Crippen molar-refractivity contribution in [3.63, 3.8) is 0 Å². The van der Waals surface area contributed by atoms with Gasteiger partial charge in [-0.3, -0.25) is 0 Å². The van der Waals surface area contributed by atoms with Gasteiger partial charge < -0.3 is 0 Å². The first-order valence-electron chi connectivity index (χ1n) is 15.3. The zero-order valence-corrected chi connectivity index (χ0v) is 25.3. The summed E-state index contributed by atoms with van der Waals surface area (Å²) in [4.78, 5) is 0. The zero-order chi connectivity index (χ0) is 31.6. The van der Waals surface area contributed by atoms with Crippen molar-refractivity contribution in [1.82, 2.24) is 0 Å². The second-order valence-electron chi connectivity index (χ2n) is 11.5. The molecule has 7 aromatic rings. The van der Waals surface area contributed by atoms with Gasteiger partial charge in [-0.1, -0.05) is 167 Å². The molecule has 0 amide bonds. The van der Waals surface area contributed by atoms with Crippen molar-refractivity contribution in [1.29, 1.82) is 0 Å². The van der Waals surface area contributed by atoms with Crippen LogP contribution in [0.15, 0.2) is 158 Å². The molecular weight excluding hydrogens is 548 g/mol. The summed E-state index contributed by atoms with van der Waals surface area (Å²) in [5, 5.41) is 0. The lowest BCUT2D eigenvalue weighted by Gasteiger charge is -2.21. The van der Waals surface area contributed by atoms with Gasteiger partial charge in [0.25, 0.3) is 0 Å². The average Bonchev–Trinajstić information content (AvgIpc) is 3.10. The Morgan fingerprint density at radius 1 is 0.217 bits per heavy atom. The highest BCUT2D eigenvalue weighted by atomic mass is 14.2. The fraction of sp³-hybridized carbons (Fsp3) is 0. The standard InChI is InChI=1S/C42H26B4/c43-39-23-33(29-17-9-3-10-18-29)31(27-13-5-1-6-14-27)21-35(39)37-25-42(46)38(26-41(37)45)36-22-32(28-15-7-2-8-16-28)34(24-40(36)44)30-19-11-4-12-20-30/h1-26H. The predicted molar refractivity (Wildman–Crippen MR) is 201 cm³/mol. The third-order valence-electron chi connectivity index (χ3n) is 8.52. The fourth-order valence-electron chi connectivity index (χ4n) is 6.23. The van der Waals surface area contributed by atoms with Gasteiger partial charge in [0.2, 0.25) is 0 Å². The summed E-state index contributed by atoms with van der Waals surface area (Å²) < 4.78 is 0. The largest absolute Gasteiger partial charge is 0.114 e. The van der Waals surface area contributed by atoms with Gasteiger partial charge in [0.15, 0.2) is 0 Å². The minimum absolute atomic E-state index is 0.565. The Morgan fingerprint density at radius 2 is 0.413 bits per heavy atom. The summed E-state index contributed by atoms with van der Waals surface area (Å²) in [6.45, 7) is 0. The van der Waals surface area contributed by atoms with Gasteiger partial charge in [0, 0.05) is 0 Å². The van der Waals surface area contributed by atoms with Crippen molar-refractivity contribution in [2.75, 3.05) is 0 Å². The summed E-state index contributed by atoms with van der Waals surface area (Å²) in [5.41, 5.74) is 14.2. The van der Waals surface area contributed by atoms with Crippen molar-refractivity contribution in [2.24, 2.45) is 0 Å². The Bertz CT molecular complexity index is 2000. The van der Waals surface area contributed by atoms with Crippen LogP contribution in [0.2, 0.25) is 0 Å². The van der Waals surface area contributed by atoms with Crippen molar-refractivity contribution in [3.05, 3.63) is 158 Å². The van der Waals surface area contributed by atoms with E-state index in [9.17, 15) is 0 Å². The molecule has 0 heterocycles. The fourth-order valence-corrected chi connectivity index (χ4v) is 6.23. The van der Waals surface area contributed by atoms with Gasteiger partial charge in [-0.15, -0.1) is 0 Å². The van der Waals surface area contributed by atoms with Crippen molar-refractivity contribution < 1.29 is 0 Å². The molecule has 46 heavy (non-hydrogen) atoms. The van der Waals surface area contributed by atoms with E-state index < -0.39 is 0 Å². The van der Waals surface area contributed by atoms with Crippen molar-refractivity contribution >= 4 is 53.2 Å². The molecule has 0 aliphatic rings. The quantitative estimate of drug-likeness (QED) is 0.191. The lowest BCUT2D eigenvalue weighted by Crippen LogP contribution is -2.22. The molecule has 7 aromatic carbocycles. The van der Waals surface area contributed by atoms with Crippen LogP contribution in [0.25, 0.3) is 66.8 Å². The van der Waals surface area contributed by atoms with E-state index in [4.69, 9.17) is 31.4 Å². The van der Waals surface area contributed by atoms with Crippen LogP contribution >= 0.6 is 0 Å². The van der Waals surface area contributed by atoms with Crippen LogP contribution in [0.5, 0.6) is 0 Å². The highest BCUT2D eigenvalue weighted by Crippen LogP contribution is 2.36. The molecule has 0 bridgehead atoms. The van der Waals surface area contributed by atoms with Crippen LogP contribution in [0.1, 0.15) is 0 Å². The van der Waals surface area contributed by atoms with Gasteiger partial charge in [-0.2, -0.15) is 0 Å². The number of rotatable bonds is 6. The van der Waals surface area contributed by atoms with Gasteiger partial charge >= 0.3 is 0 Å². The molecule has 206 valence electrons. The van der Waals surface area contributed by atoms with E-state index in [-0.39, 0.29) is 0 Å². The summed E-state index contributed by atoms with van der Waals surface area (Å²) in [6.07, 6.45) is 0. The van der Waals surface area contributed by atoms with E-state index in [1.54, 1.807) is 0 Å². The minimum Gasteiger partial charge on any atom is -0.0884 e. The molecule has 0 unspecified atom stereocenters. The molecule has 0 spiro atoms. The monoisotopic (exact) mass is 574 g/mol. The van der Waals surface area contributed by atoms with E-state index in [2.05, 4.69) is 60.7 Å². The molecule has 4 heteroatoms. The molecule has 0 N–H and O–H groups in total. The third-order valence-corrected chi connectivity index (χ3v) is 8.52. The first kappa shape index (κ1) is 29.5. The summed E-state index contributed by atoms with van der Waals surface area (Å²) >= 11 is 0. The minimum atomic E-state index is 0.565. The zero-order valence-electron chi connectivity index (χ0n) is 25.3. The van der Waals surface area contributed by atoms with Gasteiger partial charge in [0.1, 0.15) is 31.4 Å². The third kappa shape index (κ3) is 5.68. The smallest absolute Gasteiger partial charge is 0.0884 e. The Morgan fingerprint density at radius 3 is 0.674 bits per heavy atom. The second kappa shape index (κ2) is 12.7. The Labute approximate surface area is 276 Å². The highest BCUT2D eigenvalue weighted by molar-refractivity contribution is 6.45. The Hall–Kier alpha value is -5.20. The van der Waals surface area contributed by atoms with E-state index in [1.807, 2.05) is 97.1 Å². The molecule has 0 saturated heterocycles. The number of hydrogen-bond donors (Lipinski definition) is 0. The molecule has 0 saturated carbocycles. The number of benzene rings is 7. The van der Waals surface area contributed by atoms with Crippen molar-refractivity contribution in [3.8, 4) is 66.8 Å². The van der Waals surface area contributed by atoms with Crippen LogP contribution in [-0.4, -0.2) is 31.4 Å². The van der Waals surface area contributed by atoms with E-state index in [0.29, 0.717) is 21.9 Å². The highest BCUT2D eigenvalue weighted by Gasteiger charge is 2.17. The molecule has 7 rings (SSSR count). The Balaban J connectivity index is 1.38. The summed E-state index contributed by atoms with van der Waals surface area (Å²) in [6, 6.07) is 53.3. The van der Waals surface area contributed by atoms with Gasteiger partial charge in [0.05, 0.1) is 0 Å². The van der Waals surface area contributed by atoms with Gasteiger partial charge in [-0.05, 0) is 78.9 Å². The molecule has 0 nitrogen and oxygen atoms in total. The molecule has 0 fully saturated rings. The van der Waals surface area contributed by atoms with E-state index in [0.717, 1.165) is 66.8 Å². The van der Waals surface area contributed by atoms with E-state index >= 15 is 0 Å². The molecule has 0 aromatic heterocycles. The van der Waals surface area contributed by atoms with Crippen LogP contribution in [0, 0.1) is 0 Å². The average molecular weight is 574 g/mol. The van der Waals surface area contributed by atoms with Gasteiger partial charge in [-0.25, -0.2) is 0 Å². The van der Waals surface area contributed by atoms with Crippen molar-refractivity contribution in [2.45, 2.75) is 0 Å². The summed E-state index contributed by atoms with van der Waals surface area (Å²) in [5.74, 6) is 0. The summed E-state index contributed by atoms with van der Waals surface area (Å²) in [7, 11) is 27.2. The first-order valence-corrected chi connectivity index (χ1v) is 15.3. The van der Waals surface area contributed by atoms with Crippen LogP contribution < -0.4 is 21.9 Å². The SMILES string of the molecule is [B]c1cc(-c2cc(-c3ccccc3)c(-c3ccccc3)cc2[B])c([B])cc1-c1cc(-c2ccccc2)c(-c2ccccc2)cc1[B]. The van der Waals surface area contributed by atoms with Crippen LogP contribution in [0.4, 0.5) is 0 Å². The van der Waals surface area contributed by atoms with Crippen LogP contribution in [-0.2, 0) is 0 Å². The maximum Gasteiger partial charge on any atom is 0.114 e. The topological polar surface area (TPSA) is 0 Å². The normalized spacial score (nSPS) is 11.0. The lowest BCUT2D eigenvalue weighted by atomic mass is 9.72. The first-order chi connectivity index (χ1) is 22.5. The molecule has 0 aliphatic carbocycles. The maximum atomic E-state index is 6.83. The van der Waals surface area contributed by atoms with E-state index in [1.165, 1.54) is 0 Å². The lowest BCUT2D eigenvalue weighted by molar-refractivity contribution is 1.58. The molecular formula is C42H26B4. The van der Waals surface area contributed by atoms with Crippen LogP contribution in [0.3, 0.4) is 0 Å². The Kier molecular flexibility index (Phi) is 8.12. The second-order valence-corrected chi connectivity index (χ2v) is 11.5. The number of hydrogen-bond acceptors (Lipinski definition) is 0. The maximum absolute atomic E-state index is 6.83. The molecule has 0 atom stereocenters. The molecule has 8 radical (unpaired) electrons.